The van der Waals surface area contributed by atoms with E-state index in [0.29, 0.717) is 17.5 Å². The Morgan fingerprint density at radius 2 is 2.22 bits per heavy atom. The molecular formula is C15H23FN2. The summed E-state index contributed by atoms with van der Waals surface area (Å²) in [6.45, 7) is 6.36. The van der Waals surface area contributed by atoms with E-state index in [-0.39, 0.29) is 5.82 Å². The molecule has 1 N–H and O–H groups in total. The van der Waals surface area contributed by atoms with Crippen molar-refractivity contribution in [2.24, 2.45) is 5.92 Å². The first-order valence-corrected chi connectivity index (χ1v) is 6.78. The van der Waals surface area contributed by atoms with E-state index < -0.39 is 0 Å². The molecule has 1 fully saturated rings. The molecule has 2 unspecified atom stereocenters. The fraction of sp³-hybridized carbons (Fsp3) is 0.600. The summed E-state index contributed by atoms with van der Waals surface area (Å²) in [5, 5.41) is 3.47. The van der Waals surface area contributed by atoms with Crippen LogP contribution in [-0.4, -0.2) is 31.1 Å². The molecule has 1 aromatic rings. The third-order valence-corrected chi connectivity index (χ3v) is 4.02. The number of rotatable bonds is 3. The summed E-state index contributed by atoms with van der Waals surface area (Å²) in [6.07, 6.45) is 2.52. The van der Waals surface area contributed by atoms with Gasteiger partial charge in [0.15, 0.2) is 0 Å². The van der Waals surface area contributed by atoms with Gasteiger partial charge < -0.3 is 10.2 Å². The Kier molecular flexibility index (Phi) is 4.23. The van der Waals surface area contributed by atoms with E-state index in [2.05, 4.69) is 24.2 Å². The predicted molar refractivity (Wildman–Crippen MR) is 74.4 cm³/mol. The molecule has 2 rings (SSSR count). The van der Waals surface area contributed by atoms with Crippen LogP contribution in [0, 0.1) is 18.7 Å². The van der Waals surface area contributed by atoms with Crippen LogP contribution < -0.4 is 5.32 Å². The summed E-state index contributed by atoms with van der Waals surface area (Å²) in [7, 11) is 2.17. The summed E-state index contributed by atoms with van der Waals surface area (Å²) in [5.74, 6) is 0.513. The summed E-state index contributed by atoms with van der Waals surface area (Å²) < 4.78 is 13.5. The maximum atomic E-state index is 13.5. The normalized spacial score (nSPS) is 22.8. The van der Waals surface area contributed by atoms with Gasteiger partial charge in [-0.15, -0.1) is 0 Å². The van der Waals surface area contributed by atoms with Crippen molar-refractivity contribution in [3.63, 3.8) is 0 Å². The third-order valence-electron chi connectivity index (χ3n) is 4.02. The Morgan fingerprint density at radius 1 is 1.44 bits per heavy atom. The zero-order valence-electron chi connectivity index (χ0n) is 11.5. The average molecular weight is 250 g/mol. The van der Waals surface area contributed by atoms with Crippen molar-refractivity contribution in [3.05, 3.63) is 29.6 Å². The molecule has 1 aliphatic heterocycles. The number of benzene rings is 1. The van der Waals surface area contributed by atoms with Crippen LogP contribution in [-0.2, 0) is 0 Å². The van der Waals surface area contributed by atoms with Crippen LogP contribution in [0.4, 0.5) is 10.1 Å². The molecule has 2 atom stereocenters. The van der Waals surface area contributed by atoms with Crippen molar-refractivity contribution in [1.82, 2.24) is 4.90 Å². The highest BCUT2D eigenvalue weighted by Crippen LogP contribution is 2.24. The topological polar surface area (TPSA) is 15.3 Å². The minimum Gasteiger partial charge on any atom is -0.382 e. The van der Waals surface area contributed by atoms with Crippen molar-refractivity contribution in [3.8, 4) is 0 Å². The second kappa shape index (κ2) is 5.70. The van der Waals surface area contributed by atoms with E-state index in [1.807, 2.05) is 13.0 Å². The molecule has 1 aromatic carbocycles. The van der Waals surface area contributed by atoms with Gasteiger partial charge in [0.25, 0.3) is 0 Å². The zero-order valence-corrected chi connectivity index (χ0v) is 11.5. The fourth-order valence-electron chi connectivity index (χ4n) is 2.74. The SMILES string of the molecule is Cc1c(F)cccc1NC(C)C1CCCN(C)C1. The number of nitrogens with zero attached hydrogens (tertiary/aromatic N) is 1. The third kappa shape index (κ3) is 3.02. The lowest BCUT2D eigenvalue weighted by Crippen LogP contribution is -2.40. The monoisotopic (exact) mass is 250 g/mol. The largest absolute Gasteiger partial charge is 0.382 e. The highest BCUT2D eigenvalue weighted by atomic mass is 19.1. The molecule has 0 saturated carbocycles. The fourth-order valence-corrected chi connectivity index (χ4v) is 2.74. The number of likely N-dealkylation sites (tertiary alicyclic amines) is 1. The lowest BCUT2D eigenvalue weighted by Gasteiger charge is -2.34. The minimum absolute atomic E-state index is 0.132. The minimum atomic E-state index is -0.132. The molecule has 18 heavy (non-hydrogen) atoms. The van der Waals surface area contributed by atoms with Crippen molar-refractivity contribution >= 4 is 5.69 Å². The Balaban J connectivity index is 2.02. The first-order valence-electron chi connectivity index (χ1n) is 6.78. The number of piperidine rings is 1. The number of nitrogens with one attached hydrogen (secondary N) is 1. The molecule has 100 valence electrons. The van der Waals surface area contributed by atoms with Crippen LogP contribution in [0.3, 0.4) is 0 Å². The summed E-state index contributed by atoms with van der Waals surface area (Å²) in [6, 6.07) is 5.62. The van der Waals surface area contributed by atoms with Crippen molar-refractivity contribution < 1.29 is 4.39 Å². The van der Waals surface area contributed by atoms with E-state index in [9.17, 15) is 4.39 Å². The molecule has 0 aromatic heterocycles. The number of halogens is 1. The van der Waals surface area contributed by atoms with Gasteiger partial charge in [-0.25, -0.2) is 4.39 Å². The van der Waals surface area contributed by atoms with Gasteiger partial charge in [-0.05, 0) is 58.3 Å². The number of hydrogen-bond donors (Lipinski definition) is 1. The lowest BCUT2D eigenvalue weighted by atomic mass is 9.91. The van der Waals surface area contributed by atoms with Gasteiger partial charge in [0.1, 0.15) is 5.82 Å². The summed E-state index contributed by atoms with van der Waals surface area (Å²) in [5.41, 5.74) is 1.64. The predicted octanol–water partition coefficient (Wildman–Crippen LogP) is 3.28. The maximum absolute atomic E-state index is 13.5. The van der Waals surface area contributed by atoms with Gasteiger partial charge in [0, 0.05) is 23.8 Å². The first-order chi connectivity index (χ1) is 8.58. The van der Waals surface area contributed by atoms with Gasteiger partial charge in [0.05, 0.1) is 0 Å². The molecule has 0 aliphatic carbocycles. The van der Waals surface area contributed by atoms with Crippen LogP contribution in [0.15, 0.2) is 18.2 Å². The van der Waals surface area contributed by atoms with Crippen LogP contribution in [0.25, 0.3) is 0 Å². The van der Waals surface area contributed by atoms with E-state index in [0.717, 1.165) is 12.2 Å². The van der Waals surface area contributed by atoms with E-state index >= 15 is 0 Å². The smallest absolute Gasteiger partial charge is 0.128 e. The maximum Gasteiger partial charge on any atom is 0.128 e. The Bertz CT molecular complexity index is 405. The van der Waals surface area contributed by atoms with Crippen molar-refractivity contribution in [2.45, 2.75) is 32.7 Å². The van der Waals surface area contributed by atoms with Gasteiger partial charge in [0.2, 0.25) is 0 Å². The lowest BCUT2D eigenvalue weighted by molar-refractivity contribution is 0.197. The quantitative estimate of drug-likeness (QED) is 0.885. The first kappa shape index (κ1) is 13.3. The molecule has 3 heteroatoms. The molecular weight excluding hydrogens is 227 g/mol. The van der Waals surface area contributed by atoms with Gasteiger partial charge in [-0.1, -0.05) is 6.07 Å². The van der Waals surface area contributed by atoms with Crippen LogP contribution >= 0.6 is 0 Å². The summed E-state index contributed by atoms with van der Waals surface area (Å²) in [4.78, 5) is 2.38. The van der Waals surface area contributed by atoms with Crippen molar-refractivity contribution in [1.29, 1.82) is 0 Å². The molecule has 0 spiro atoms. The Hall–Kier alpha value is -1.09. The highest BCUT2D eigenvalue weighted by Gasteiger charge is 2.23. The van der Waals surface area contributed by atoms with Gasteiger partial charge >= 0.3 is 0 Å². The Morgan fingerprint density at radius 3 is 2.94 bits per heavy atom. The van der Waals surface area contributed by atoms with Gasteiger partial charge in [-0.2, -0.15) is 0 Å². The average Bonchev–Trinajstić information content (AvgIpc) is 2.35. The van der Waals surface area contributed by atoms with E-state index in [1.54, 1.807) is 6.07 Å². The standard InChI is InChI=1S/C15H23FN2/c1-11-14(16)7-4-8-15(11)17-12(2)13-6-5-9-18(3)10-13/h4,7-8,12-13,17H,5-6,9-10H2,1-3H3. The zero-order chi connectivity index (χ0) is 13.1. The van der Waals surface area contributed by atoms with E-state index in [4.69, 9.17) is 0 Å². The number of anilines is 1. The molecule has 1 saturated heterocycles. The molecule has 0 bridgehead atoms. The molecule has 1 heterocycles. The van der Waals surface area contributed by atoms with E-state index in [1.165, 1.54) is 25.5 Å². The molecule has 2 nitrogen and oxygen atoms in total. The second-order valence-corrected chi connectivity index (χ2v) is 5.51. The molecule has 1 aliphatic rings. The van der Waals surface area contributed by atoms with Crippen LogP contribution in [0.5, 0.6) is 0 Å². The summed E-state index contributed by atoms with van der Waals surface area (Å²) >= 11 is 0. The molecule has 0 radical (unpaired) electrons. The van der Waals surface area contributed by atoms with Crippen LogP contribution in [0.2, 0.25) is 0 Å². The van der Waals surface area contributed by atoms with Crippen molar-refractivity contribution in [2.75, 3.05) is 25.5 Å². The van der Waals surface area contributed by atoms with Gasteiger partial charge in [-0.3, -0.25) is 0 Å². The number of hydrogen-bond acceptors (Lipinski definition) is 2. The van der Waals surface area contributed by atoms with Crippen LogP contribution in [0.1, 0.15) is 25.3 Å². The Labute approximate surface area is 109 Å². The highest BCUT2D eigenvalue weighted by molar-refractivity contribution is 5.51. The second-order valence-electron chi connectivity index (χ2n) is 5.51. The molecule has 0 amide bonds.